The number of hydrazone groups is 1. The molecule has 1 amide bonds. The Balaban J connectivity index is 0.000000244. The molecule has 0 aliphatic carbocycles. The number of amides is 1. The first kappa shape index (κ1) is 22.1. The van der Waals surface area contributed by atoms with Gasteiger partial charge in [0.25, 0.3) is 0 Å². The highest BCUT2D eigenvalue weighted by Crippen LogP contribution is 2.08. The van der Waals surface area contributed by atoms with Gasteiger partial charge in [-0.2, -0.15) is 5.10 Å². The summed E-state index contributed by atoms with van der Waals surface area (Å²) in [7, 11) is 3.25. The maximum Gasteiger partial charge on any atom is 0.239 e. The number of aryl methyl sites for hydroxylation is 2. The van der Waals surface area contributed by atoms with Gasteiger partial charge in [0.15, 0.2) is 0 Å². The van der Waals surface area contributed by atoms with Crippen LogP contribution < -0.4 is 5.43 Å². The van der Waals surface area contributed by atoms with Crippen molar-refractivity contribution < 1.29 is 9.53 Å². The van der Waals surface area contributed by atoms with Crippen LogP contribution in [-0.4, -0.2) is 36.3 Å². The first-order valence-corrected chi connectivity index (χ1v) is 8.70. The van der Waals surface area contributed by atoms with Crippen molar-refractivity contribution in [3.63, 3.8) is 0 Å². The molecular formula is C21H28N4O2. The van der Waals surface area contributed by atoms with Crippen LogP contribution in [0.5, 0.6) is 0 Å². The van der Waals surface area contributed by atoms with Gasteiger partial charge in [-0.1, -0.05) is 48.9 Å². The number of imidazole rings is 1. The van der Waals surface area contributed by atoms with Gasteiger partial charge in [-0.3, -0.25) is 4.79 Å². The van der Waals surface area contributed by atoms with E-state index in [9.17, 15) is 4.79 Å². The Hall–Kier alpha value is -2.99. The summed E-state index contributed by atoms with van der Waals surface area (Å²) in [5.41, 5.74) is 6.77. The molecule has 2 aromatic carbocycles. The van der Waals surface area contributed by atoms with Crippen molar-refractivity contribution in [3.8, 4) is 0 Å². The monoisotopic (exact) mass is 368 g/mol. The molecule has 0 unspecified atom stereocenters. The molecule has 3 rings (SSSR count). The van der Waals surface area contributed by atoms with E-state index in [2.05, 4.69) is 25.2 Å². The average Bonchev–Trinajstić information content (AvgIpc) is 3.04. The topological polar surface area (TPSA) is 79.4 Å². The minimum Gasteiger partial charge on any atom is -0.388 e. The van der Waals surface area contributed by atoms with Crippen molar-refractivity contribution in [1.82, 2.24) is 15.4 Å². The minimum absolute atomic E-state index is 0.0756. The van der Waals surface area contributed by atoms with E-state index < -0.39 is 0 Å². The van der Waals surface area contributed by atoms with E-state index in [0.717, 1.165) is 22.4 Å². The van der Waals surface area contributed by atoms with Crippen LogP contribution in [0.4, 0.5) is 0 Å². The molecule has 1 heterocycles. The number of fused-ring (bicyclic) bond motifs is 1. The summed E-state index contributed by atoms with van der Waals surface area (Å²) in [5.74, 6) is 0.898. The molecule has 0 fully saturated rings. The van der Waals surface area contributed by atoms with Gasteiger partial charge >= 0.3 is 0 Å². The smallest absolute Gasteiger partial charge is 0.239 e. The van der Waals surface area contributed by atoms with Crippen LogP contribution in [0, 0.1) is 13.8 Å². The SMILES string of the molecule is CCC(=O)N/N=C/c1ccc(C)cc1.COC.Cc1nc2ccccc2[nH]1. The Labute approximate surface area is 160 Å². The zero-order valence-corrected chi connectivity index (χ0v) is 16.6. The van der Waals surface area contributed by atoms with Crippen molar-refractivity contribution in [1.29, 1.82) is 0 Å². The largest absolute Gasteiger partial charge is 0.388 e. The van der Waals surface area contributed by atoms with E-state index in [1.54, 1.807) is 27.4 Å². The Morgan fingerprint density at radius 2 is 1.78 bits per heavy atom. The van der Waals surface area contributed by atoms with Crippen LogP contribution in [0.25, 0.3) is 11.0 Å². The fraction of sp³-hybridized carbons (Fsp3) is 0.286. The van der Waals surface area contributed by atoms with E-state index in [0.29, 0.717) is 6.42 Å². The molecule has 144 valence electrons. The fourth-order valence-electron chi connectivity index (χ4n) is 1.99. The minimum atomic E-state index is -0.0756. The van der Waals surface area contributed by atoms with E-state index in [-0.39, 0.29) is 5.91 Å². The predicted molar refractivity (Wildman–Crippen MR) is 111 cm³/mol. The van der Waals surface area contributed by atoms with E-state index in [1.165, 1.54) is 5.56 Å². The Morgan fingerprint density at radius 3 is 2.37 bits per heavy atom. The van der Waals surface area contributed by atoms with Gasteiger partial charge < -0.3 is 9.72 Å². The summed E-state index contributed by atoms with van der Waals surface area (Å²) in [5, 5.41) is 3.82. The highest BCUT2D eigenvalue weighted by atomic mass is 16.4. The van der Waals surface area contributed by atoms with Gasteiger partial charge in [0, 0.05) is 20.6 Å². The van der Waals surface area contributed by atoms with Gasteiger partial charge in [-0.15, -0.1) is 0 Å². The van der Waals surface area contributed by atoms with Gasteiger partial charge in [0.1, 0.15) is 5.82 Å². The molecule has 2 N–H and O–H groups in total. The lowest BCUT2D eigenvalue weighted by molar-refractivity contribution is -0.120. The standard InChI is InChI=1S/C11H14N2O.C8H8N2.C2H6O/c1-3-11(14)13-12-8-10-6-4-9(2)5-7-10;1-6-9-7-4-2-3-5-8(7)10-6;1-3-2/h4-8H,3H2,1-2H3,(H,13,14);2-5H,1H3,(H,9,10);1-2H3/b12-8+;;. The number of carbonyl (C=O) groups is 1. The lowest BCUT2D eigenvalue weighted by Crippen LogP contribution is -2.15. The molecule has 0 bridgehead atoms. The fourth-order valence-corrected chi connectivity index (χ4v) is 1.99. The second-order valence-corrected chi connectivity index (χ2v) is 5.81. The third-order valence-corrected chi connectivity index (χ3v) is 3.31. The van der Waals surface area contributed by atoms with E-state index in [1.807, 2.05) is 62.4 Å². The zero-order valence-electron chi connectivity index (χ0n) is 16.6. The zero-order chi connectivity index (χ0) is 20.1. The number of H-pyrrole nitrogens is 1. The summed E-state index contributed by atoms with van der Waals surface area (Å²) in [6.45, 7) is 5.77. The van der Waals surface area contributed by atoms with E-state index >= 15 is 0 Å². The number of para-hydroxylation sites is 2. The predicted octanol–water partition coefficient (Wildman–Crippen LogP) is 3.99. The van der Waals surface area contributed by atoms with E-state index in [4.69, 9.17) is 0 Å². The molecule has 6 nitrogen and oxygen atoms in total. The van der Waals surface area contributed by atoms with Crippen LogP contribution >= 0.6 is 0 Å². The molecule has 0 aliphatic rings. The summed E-state index contributed by atoms with van der Waals surface area (Å²) < 4.78 is 4.25. The molecule has 6 heteroatoms. The second-order valence-electron chi connectivity index (χ2n) is 5.81. The summed E-state index contributed by atoms with van der Waals surface area (Å²) >= 11 is 0. The molecule has 0 saturated heterocycles. The molecule has 1 aromatic heterocycles. The third kappa shape index (κ3) is 8.78. The lowest BCUT2D eigenvalue weighted by atomic mass is 10.2. The number of aromatic nitrogens is 2. The van der Waals surface area contributed by atoms with Gasteiger partial charge in [0.05, 0.1) is 17.2 Å². The Bertz CT molecular complexity index is 806. The second kappa shape index (κ2) is 12.4. The summed E-state index contributed by atoms with van der Waals surface area (Å²) in [4.78, 5) is 18.2. The first-order valence-electron chi connectivity index (χ1n) is 8.70. The molecule has 0 spiro atoms. The maximum absolute atomic E-state index is 10.8. The maximum atomic E-state index is 10.8. The Kier molecular flexibility index (Phi) is 10.1. The number of rotatable bonds is 3. The Morgan fingerprint density at radius 1 is 1.15 bits per heavy atom. The van der Waals surface area contributed by atoms with Crippen LogP contribution in [-0.2, 0) is 9.53 Å². The van der Waals surface area contributed by atoms with Crippen molar-refractivity contribution in [2.24, 2.45) is 5.10 Å². The average molecular weight is 368 g/mol. The number of nitrogens with one attached hydrogen (secondary N) is 2. The highest BCUT2D eigenvalue weighted by Gasteiger charge is 1.94. The third-order valence-electron chi connectivity index (χ3n) is 3.31. The molecule has 0 saturated carbocycles. The summed E-state index contributed by atoms with van der Waals surface area (Å²) in [6, 6.07) is 15.9. The molecule has 27 heavy (non-hydrogen) atoms. The molecule has 0 aliphatic heterocycles. The molecular weight excluding hydrogens is 340 g/mol. The summed E-state index contributed by atoms with van der Waals surface area (Å²) in [6.07, 6.45) is 2.08. The molecule has 0 radical (unpaired) electrons. The number of carbonyl (C=O) groups excluding carboxylic acids is 1. The quantitative estimate of drug-likeness (QED) is 0.542. The lowest BCUT2D eigenvalue weighted by Gasteiger charge is -1.95. The molecule has 3 aromatic rings. The van der Waals surface area contributed by atoms with Crippen molar-refractivity contribution in [2.45, 2.75) is 27.2 Å². The highest BCUT2D eigenvalue weighted by molar-refractivity contribution is 5.82. The van der Waals surface area contributed by atoms with Gasteiger partial charge in [-0.25, -0.2) is 10.4 Å². The number of nitrogens with zero attached hydrogens (tertiary/aromatic N) is 2. The van der Waals surface area contributed by atoms with Crippen molar-refractivity contribution >= 4 is 23.2 Å². The van der Waals surface area contributed by atoms with Crippen molar-refractivity contribution in [3.05, 3.63) is 65.5 Å². The number of aromatic amines is 1. The van der Waals surface area contributed by atoms with Gasteiger partial charge in [0.2, 0.25) is 5.91 Å². The first-order chi connectivity index (χ1) is 13.0. The van der Waals surface area contributed by atoms with Crippen LogP contribution in [0.15, 0.2) is 53.6 Å². The number of hydrogen-bond donors (Lipinski definition) is 2. The number of methoxy groups -OCH3 is 1. The van der Waals surface area contributed by atoms with Gasteiger partial charge in [-0.05, 0) is 31.5 Å². The van der Waals surface area contributed by atoms with Crippen molar-refractivity contribution in [2.75, 3.05) is 14.2 Å². The number of benzene rings is 2. The van der Waals surface area contributed by atoms with Crippen LogP contribution in [0.2, 0.25) is 0 Å². The van der Waals surface area contributed by atoms with Crippen LogP contribution in [0.3, 0.4) is 0 Å². The normalized spacial score (nSPS) is 9.96. The number of ether oxygens (including phenoxy) is 1. The van der Waals surface area contributed by atoms with Crippen LogP contribution in [0.1, 0.15) is 30.3 Å². The molecule has 0 atom stereocenters. The number of hydrogen-bond acceptors (Lipinski definition) is 4.